The molecule has 110 valence electrons. The molecule has 21 heavy (non-hydrogen) atoms. The fraction of sp³-hybridized carbons (Fsp3) is 0.235. The van der Waals surface area contributed by atoms with Gasteiger partial charge in [0, 0.05) is 6.42 Å². The molecule has 0 bridgehead atoms. The van der Waals surface area contributed by atoms with Crippen molar-refractivity contribution in [2.24, 2.45) is 5.16 Å². The summed E-state index contributed by atoms with van der Waals surface area (Å²) in [6.45, 7) is 2.97. The zero-order chi connectivity index (χ0) is 14.9. The zero-order valence-corrected chi connectivity index (χ0v) is 12.0. The predicted octanol–water partition coefficient (Wildman–Crippen LogP) is 3.73. The maximum Gasteiger partial charge on any atom is 0.119 e. The summed E-state index contributed by atoms with van der Waals surface area (Å²) in [4.78, 5) is 0. The number of hydrogen-bond donors (Lipinski definition) is 1. The standard InChI is InChI=1S/C17H19NO3/c1-14(18-19)15-8-10-17(11-9-15)21-13-5-12-20-16-6-3-2-4-7-16/h2-4,6-11,19H,5,12-13H2,1H3. The van der Waals surface area contributed by atoms with Crippen molar-refractivity contribution in [2.75, 3.05) is 13.2 Å². The second-order valence-corrected chi connectivity index (χ2v) is 4.57. The van der Waals surface area contributed by atoms with Gasteiger partial charge >= 0.3 is 0 Å². The highest BCUT2D eigenvalue weighted by Gasteiger charge is 1.99. The number of benzene rings is 2. The van der Waals surface area contributed by atoms with E-state index in [4.69, 9.17) is 14.7 Å². The normalized spacial score (nSPS) is 11.2. The number of para-hydroxylation sites is 1. The third-order valence-corrected chi connectivity index (χ3v) is 2.99. The van der Waals surface area contributed by atoms with Gasteiger partial charge in [0.25, 0.3) is 0 Å². The van der Waals surface area contributed by atoms with Crippen LogP contribution in [0.4, 0.5) is 0 Å². The van der Waals surface area contributed by atoms with Crippen molar-refractivity contribution >= 4 is 5.71 Å². The van der Waals surface area contributed by atoms with E-state index < -0.39 is 0 Å². The molecule has 2 rings (SSSR count). The molecule has 0 heterocycles. The van der Waals surface area contributed by atoms with Crippen molar-refractivity contribution in [1.29, 1.82) is 0 Å². The number of ether oxygens (including phenoxy) is 2. The van der Waals surface area contributed by atoms with E-state index in [1.165, 1.54) is 0 Å². The van der Waals surface area contributed by atoms with Gasteiger partial charge in [0.05, 0.1) is 18.9 Å². The Morgan fingerprint density at radius 1 is 0.905 bits per heavy atom. The van der Waals surface area contributed by atoms with E-state index in [9.17, 15) is 0 Å². The van der Waals surface area contributed by atoms with Crippen LogP contribution in [0.5, 0.6) is 11.5 Å². The minimum Gasteiger partial charge on any atom is -0.493 e. The maximum absolute atomic E-state index is 8.69. The summed E-state index contributed by atoms with van der Waals surface area (Å²) in [5.41, 5.74) is 1.45. The van der Waals surface area contributed by atoms with Crippen LogP contribution >= 0.6 is 0 Å². The van der Waals surface area contributed by atoms with Crippen molar-refractivity contribution in [3.05, 3.63) is 60.2 Å². The molecule has 0 atom stereocenters. The Balaban J connectivity index is 1.69. The summed E-state index contributed by atoms with van der Waals surface area (Å²) in [6, 6.07) is 17.2. The lowest BCUT2D eigenvalue weighted by atomic mass is 10.1. The zero-order valence-electron chi connectivity index (χ0n) is 12.0. The molecule has 0 aliphatic carbocycles. The molecule has 2 aromatic rings. The van der Waals surface area contributed by atoms with Gasteiger partial charge in [-0.1, -0.05) is 23.4 Å². The Hall–Kier alpha value is -2.49. The molecule has 0 aliphatic heterocycles. The van der Waals surface area contributed by atoms with Crippen molar-refractivity contribution < 1.29 is 14.7 Å². The van der Waals surface area contributed by atoms with E-state index in [0.717, 1.165) is 23.5 Å². The molecular weight excluding hydrogens is 266 g/mol. The van der Waals surface area contributed by atoms with E-state index in [-0.39, 0.29) is 0 Å². The first-order valence-electron chi connectivity index (χ1n) is 6.89. The molecule has 0 radical (unpaired) electrons. The Kier molecular flexibility index (Phi) is 5.64. The first-order chi connectivity index (χ1) is 10.3. The molecule has 0 saturated heterocycles. The minimum absolute atomic E-state index is 0.581. The molecule has 0 aliphatic rings. The van der Waals surface area contributed by atoms with Gasteiger partial charge in [-0.25, -0.2) is 0 Å². The van der Waals surface area contributed by atoms with Gasteiger partial charge in [-0.3, -0.25) is 0 Å². The first kappa shape index (κ1) is 14.9. The molecular formula is C17H19NO3. The molecule has 0 amide bonds. The van der Waals surface area contributed by atoms with Crippen LogP contribution in [-0.4, -0.2) is 24.1 Å². The third kappa shape index (κ3) is 4.84. The molecule has 0 spiro atoms. The number of hydrogen-bond acceptors (Lipinski definition) is 4. The molecule has 0 aromatic heterocycles. The van der Waals surface area contributed by atoms with Crippen molar-refractivity contribution in [2.45, 2.75) is 13.3 Å². The van der Waals surface area contributed by atoms with Gasteiger partial charge in [-0.05, 0) is 48.9 Å². The molecule has 2 aromatic carbocycles. The van der Waals surface area contributed by atoms with Crippen molar-refractivity contribution in [3.63, 3.8) is 0 Å². The van der Waals surface area contributed by atoms with Crippen LogP contribution in [0.3, 0.4) is 0 Å². The van der Waals surface area contributed by atoms with E-state index >= 15 is 0 Å². The highest BCUT2D eigenvalue weighted by atomic mass is 16.5. The average molecular weight is 285 g/mol. The summed E-state index contributed by atoms with van der Waals surface area (Å²) in [5.74, 6) is 1.67. The van der Waals surface area contributed by atoms with Crippen molar-refractivity contribution in [3.8, 4) is 11.5 Å². The SMILES string of the molecule is CC(=NO)c1ccc(OCCCOc2ccccc2)cc1. The minimum atomic E-state index is 0.581. The largest absolute Gasteiger partial charge is 0.493 e. The van der Waals surface area contributed by atoms with Crippen LogP contribution in [0.2, 0.25) is 0 Å². The molecule has 0 unspecified atom stereocenters. The Labute approximate surface area is 124 Å². The second-order valence-electron chi connectivity index (χ2n) is 4.57. The van der Waals surface area contributed by atoms with Crippen molar-refractivity contribution in [1.82, 2.24) is 0 Å². The average Bonchev–Trinajstić information content (AvgIpc) is 2.55. The number of oxime groups is 1. The monoisotopic (exact) mass is 285 g/mol. The topological polar surface area (TPSA) is 51.1 Å². The second kappa shape index (κ2) is 7.94. The summed E-state index contributed by atoms with van der Waals surface area (Å²) in [5, 5.41) is 11.9. The quantitative estimate of drug-likeness (QED) is 0.365. The lowest BCUT2D eigenvalue weighted by Crippen LogP contribution is -2.05. The van der Waals surface area contributed by atoms with Crippen LogP contribution in [0.25, 0.3) is 0 Å². The number of rotatable bonds is 7. The van der Waals surface area contributed by atoms with Gasteiger partial charge < -0.3 is 14.7 Å². The van der Waals surface area contributed by atoms with Gasteiger partial charge in [-0.15, -0.1) is 0 Å². The van der Waals surface area contributed by atoms with Gasteiger partial charge in [0.1, 0.15) is 11.5 Å². The summed E-state index contributed by atoms with van der Waals surface area (Å²) in [7, 11) is 0. The summed E-state index contributed by atoms with van der Waals surface area (Å²) < 4.78 is 11.2. The number of nitrogens with zero attached hydrogens (tertiary/aromatic N) is 1. The van der Waals surface area contributed by atoms with Crippen LogP contribution in [0.1, 0.15) is 18.9 Å². The highest BCUT2D eigenvalue weighted by molar-refractivity contribution is 5.98. The third-order valence-electron chi connectivity index (χ3n) is 2.99. The molecule has 0 fully saturated rings. The van der Waals surface area contributed by atoms with E-state index in [0.29, 0.717) is 18.9 Å². The van der Waals surface area contributed by atoms with Crippen LogP contribution < -0.4 is 9.47 Å². The molecule has 4 nitrogen and oxygen atoms in total. The summed E-state index contributed by atoms with van der Waals surface area (Å²) >= 11 is 0. The van der Waals surface area contributed by atoms with E-state index in [1.54, 1.807) is 6.92 Å². The van der Waals surface area contributed by atoms with E-state index in [2.05, 4.69) is 5.16 Å². The van der Waals surface area contributed by atoms with Crippen LogP contribution in [-0.2, 0) is 0 Å². The fourth-order valence-corrected chi connectivity index (χ4v) is 1.81. The Morgan fingerprint density at radius 2 is 1.48 bits per heavy atom. The summed E-state index contributed by atoms with van der Waals surface area (Å²) in [6.07, 6.45) is 0.813. The predicted molar refractivity (Wildman–Crippen MR) is 82.5 cm³/mol. The molecule has 4 heteroatoms. The smallest absolute Gasteiger partial charge is 0.119 e. The fourth-order valence-electron chi connectivity index (χ4n) is 1.81. The van der Waals surface area contributed by atoms with Gasteiger partial charge in [0.15, 0.2) is 0 Å². The Morgan fingerprint density at radius 3 is 2.05 bits per heavy atom. The molecule has 0 saturated carbocycles. The lowest BCUT2D eigenvalue weighted by Gasteiger charge is -2.08. The van der Waals surface area contributed by atoms with Crippen LogP contribution in [0, 0.1) is 0 Å². The van der Waals surface area contributed by atoms with E-state index in [1.807, 2.05) is 54.6 Å². The first-order valence-corrected chi connectivity index (χ1v) is 6.89. The highest BCUT2D eigenvalue weighted by Crippen LogP contribution is 2.13. The Bertz CT molecular complexity index is 564. The van der Waals surface area contributed by atoms with Gasteiger partial charge in [-0.2, -0.15) is 0 Å². The maximum atomic E-state index is 8.69. The van der Waals surface area contributed by atoms with Crippen LogP contribution in [0.15, 0.2) is 59.8 Å². The molecule has 1 N–H and O–H groups in total. The lowest BCUT2D eigenvalue weighted by molar-refractivity contribution is 0.247. The van der Waals surface area contributed by atoms with Gasteiger partial charge in [0.2, 0.25) is 0 Å².